The van der Waals surface area contributed by atoms with E-state index in [1.165, 1.54) is 14.0 Å². The molecule has 2 bridgehead atoms. The summed E-state index contributed by atoms with van der Waals surface area (Å²) in [5.74, 6) is -0.913. The first-order valence-electron chi connectivity index (χ1n) is 8.38. The van der Waals surface area contributed by atoms with E-state index in [9.17, 15) is 28.3 Å². The fourth-order valence-corrected chi connectivity index (χ4v) is 4.17. The predicted octanol–water partition coefficient (Wildman–Crippen LogP) is -2.94. The Balaban J connectivity index is 1.71. The first-order chi connectivity index (χ1) is 12.7. The minimum Gasteiger partial charge on any atom is -0.726 e. The van der Waals surface area contributed by atoms with E-state index in [1.807, 2.05) is 0 Å². The zero-order valence-electron chi connectivity index (χ0n) is 14.6. The Bertz CT molecular complexity index is 611. The summed E-state index contributed by atoms with van der Waals surface area (Å²) in [6.45, 7) is 0.893. The number of hydrogen-bond donors (Lipinski definition) is 3. The fourth-order valence-electron chi connectivity index (χ4n) is 3.60. The number of fused-ring (bicyclic) bond motifs is 2. The Morgan fingerprint density at radius 3 is 2.44 bits per heavy atom. The summed E-state index contributed by atoms with van der Waals surface area (Å²) in [5, 5.41) is 30.1. The molecule has 10 atom stereocenters. The van der Waals surface area contributed by atoms with E-state index in [2.05, 4.69) is 4.18 Å². The van der Waals surface area contributed by atoms with Crippen LogP contribution in [0.4, 0.5) is 0 Å². The topological polar surface area (TPSA) is 173 Å². The van der Waals surface area contributed by atoms with Gasteiger partial charge in [0.2, 0.25) is 10.4 Å². The quantitative estimate of drug-likeness (QED) is 0.298. The fraction of sp³-hybridized carbons (Fsp3) is 1.00. The Morgan fingerprint density at radius 2 is 1.85 bits per heavy atom. The van der Waals surface area contributed by atoms with Crippen molar-refractivity contribution >= 4 is 10.4 Å². The SMILES string of the molecule is CO[C@H]1OC2CO[C@@H](C1O)[C@H]2O[C@@H]1OC(CO)[C@H](OS(=O)(=O)[O-])[C@H](C)C1O. The highest BCUT2D eigenvalue weighted by atomic mass is 32.3. The largest absolute Gasteiger partial charge is 0.726 e. The van der Waals surface area contributed by atoms with E-state index in [0.29, 0.717) is 0 Å². The minimum atomic E-state index is -5.07. The Hall–Kier alpha value is -0.450. The van der Waals surface area contributed by atoms with E-state index < -0.39 is 78.2 Å². The van der Waals surface area contributed by atoms with Crippen molar-refractivity contribution in [2.24, 2.45) is 5.92 Å². The molecule has 0 spiro atoms. The molecule has 27 heavy (non-hydrogen) atoms. The molecule has 3 heterocycles. The van der Waals surface area contributed by atoms with Crippen LogP contribution < -0.4 is 0 Å². The van der Waals surface area contributed by atoms with Crippen LogP contribution in [-0.2, 0) is 38.3 Å². The van der Waals surface area contributed by atoms with Gasteiger partial charge >= 0.3 is 0 Å². The van der Waals surface area contributed by atoms with Crippen molar-refractivity contribution < 1.29 is 56.2 Å². The van der Waals surface area contributed by atoms with Gasteiger partial charge in [-0.25, -0.2) is 8.42 Å². The lowest BCUT2D eigenvalue weighted by Gasteiger charge is -2.45. The van der Waals surface area contributed by atoms with Crippen molar-refractivity contribution in [3.8, 4) is 0 Å². The number of aliphatic hydroxyl groups excluding tert-OH is 3. The van der Waals surface area contributed by atoms with E-state index in [0.717, 1.165) is 0 Å². The molecule has 4 unspecified atom stereocenters. The van der Waals surface area contributed by atoms with Crippen molar-refractivity contribution in [2.45, 2.75) is 62.2 Å². The summed E-state index contributed by atoms with van der Waals surface area (Å²) >= 11 is 0. The third-order valence-corrected chi connectivity index (χ3v) is 5.47. The highest BCUT2D eigenvalue weighted by Crippen LogP contribution is 2.36. The third-order valence-electron chi connectivity index (χ3n) is 5.01. The first kappa shape index (κ1) is 21.3. The van der Waals surface area contributed by atoms with Crippen molar-refractivity contribution in [2.75, 3.05) is 20.3 Å². The summed E-state index contributed by atoms with van der Waals surface area (Å²) in [6, 6.07) is 0. The normalized spacial score (nSPS) is 47.9. The summed E-state index contributed by atoms with van der Waals surface area (Å²) in [6.07, 6.45) is -9.46. The zero-order valence-corrected chi connectivity index (χ0v) is 15.4. The summed E-state index contributed by atoms with van der Waals surface area (Å²) < 4.78 is 64.3. The minimum absolute atomic E-state index is 0.133. The summed E-state index contributed by atoms with van der Waals surface area (Å²) in [4.78, 5) is 0. The van der Waals surface area contributed by atoms with Crippen LogP contribution >= 0.6 is 0 Å². The Labute approximate surface area is 155 Å². The Kier molecular flexibility index (Phi) is 6.39. The van der Waals surface area contributed by atoms with E-state index in [4.69, 9.17) is 23.7 Å². The van der Waals surface area contributed by atoms with Crippen LogP contribution in [-0.4, -0.2) is 104 Å². The lowest BCUT2D eigenvalue weighted by atomic mass is 9.90. The van der Waals surface area contributed by atoms with Crippen molar-refractivity contribution in [3.05, 3.63) is 0 Å². The highest BCUT2D eigenvalue weighted by molar-refractivity contribution is 7.80. The van der Waals surface area contributed by atoms with Gasteiger partial charge < -0.3 is 43.6 Å². The summed E-state index contributed by atoms with van der Waals surface area (Å²) in [7, 11) is -3.70. The lowest BCUT2D eigenvalue weighted by Crippen LogP contribution is -2.60. The van der Waals surface area contributed by atoms with Crippen LogP contribution in [0.3, 0.4) is 0 Å². The molecule has 0 aromatic carbocycles. The Morgan fingerprint density at radius 1 is 1.15 bits per heavy atom. The smallest absolute Gasteiger partial charge is 0.218 e. The van der Waals surface area contributed by atoms with Crippen LogP contribution in [0, 0.1) is 5.92 Å². The van der Waals surface area contributed by atoms with Gasteiger partial charge in [-0.3, -0.25) is 4.18 Å². The lowest BCUT2D eigenvalue weighted by molar-refractivity contribution is -0.329. The molecule has 0 aromatic rings. The molecule has 158 valence electrons. The molecular formula is C14H23O12S-. The highest BCUT2D eigenvalue weighted by Gasteiger charge is 2.54. The molecular weight excluding hydrogens is 392 g/mol. The van der Waals surface area contributed by atoms with Gasteiger partial charge in [-0.05, 0) is 0 Å². The third kappa shape index (κ3) is 4.28. The molecule has 3 aliphatic heterocycles. The van der Waals surface area contributed by atoms with Gasteiger partial charge in [0.1, 0.15) is 42.7 Å². The van der Waals surface area contributed by atoms with Crippen LogP contribution in [0.25, 0.3) is 0 Å². The van der Waals surface area contributed by atoms with E-state index in [-0.39, 0.29) is 6.61 Å². The molecule has 0 radical (unpaired) electrons. The second-order valence-corrected chi connectivity index (χ2v) is 7.72. The van der Waals surface area contributed by atoms with Crippen molar-refractivity contribution in [1.29, 1.82) is 0 Å². The molecule has 3 fully saturated rings. The van der Waals surface area contributed by atoms with E-state index >= 15 is 0 Å². The van der Waals surface area contributed by atoms with Gasteiger partial charge in [0.15, 0.2) is 12.6 Å². The maximum Gasteiger partial charge on any atom is 0.218 e. The molecule has 0 aliphatic carbocycles. The van der Waals surface area contributed by atoms with Crippen molar-refractivity contribution in [1.82, 2.24) is 0 Å². The van der Waals surface area contributed by atoms with Gasteiger partial charge in [-0.15, -0.1) is 0 Å². The van der Waals surface area contributed by atoms with Crippen LogP contribution in [0.2, 0.25) is 0 Å². The molecule has 0 saturated carbocycles. The molecule has 3 aliphatic rings. The molecule has 3 N–H and O–H groups in total. The number of rotatable bonds is 6. The van der Waals surface area contributed by atoms with Crippen LogP contribution in [0.1, 0.15) is 6.92 Å². The average Bonchev–Trinajstić information content (AvgIpc) is 2.91. The maximum absolute atomic E-state index is 10.9. The molecule has 12 nitrogen and oxygen atoms in total. The zero-order chi connectivity index (χ0) is 19.9. The van der Waals surface area contributed by atoms with Crippen LogP contribution in [0.15, 0.2) is 0 Å². The van der Waals surface area contributed by atoms with Crippen LogP contribution in [0.5, 0.6) is 0 Å². The standard InChI is InChI=1S/C14H24O12S/c1-5-8(16)14(23-6(3-15)10(5)26-27(18,19)20)25-11-7-4-22-12(11)9(17)13(21-2)24-7/h5-17H,3-4H2,1-2H3,(H,18,19,20)/p-1/t5-,6?,7?,8?,9?,10-,11+,12+,13+,14+/m1/s1. The number of ether oxygens (including phenoxy) is 5. The monoisotopic (exact) mass is 415 g/mol. The van der Waals surface area contributed by atoms with Crippen molar-refractivity contribution in [3.63, 3.8) is 0 Å². The first-order valence-corrected chi connectivity index (χ1v) is 9.71. The average molecular weight is 415 g/mol. The van der Waals surface area contributed by atoms with Gasteiger partial charge in [0.25, 0.3) is 0 Å². The molecule has 0 amide bonds. The second-order valence-electron chi connectivity index (χ2n) is 6.71. The number of hydrogen-bond acceptors (Lipinski definition) is 12. The molecule has 3 rings (SSSR count). The van der Waals surface area contributed by atoms with Gasteiger partial charge in [-0.1, -0.05) is 6.92 Å². The molecule has 3 saturated heterocycles. The maximum atomic E-state index is 10.9. The summed E-state index contributed by atoms with van der Waals surface area (Å²) in [5.41, 5.74) is 0. The number of methoxy groups -OCH3 is 1. The molecule has 0 aromatic heterocycles. The van der Waals surface area contributed by atoms with Gasteiger partial charge in [-0.2, -0.15) is 0 Å². The van der Waals surface area contributed by atoms with Gasteiger partial charge in [0, 0.05) is 13.0 Å². The van der Waals surface area contributed by atoms with Gasteiger partial charge in [0.05, 0.1) is 13.2 Å². The number of aliphatic hydroxyl groups is 3. The molecule has 13 heteroatoms. The van der Waals surface area contributed by atoms with E-state index in [1.54, 1.807) is 0 Å². The predicted molar refractivity (Wildman–Crippen MR) is 81.8 cm³/mol. The second kappa shape index (κ2) is 8.12.